The second-order valence-corrected chi connectivity index (χ2v) is 8.96. The molecule has 1 aromatic carbocycles. The van der Waals surface area contributed by atoms with E-state index in [9.17, 15) is 9.59 Å². The van der Waals surface area contributed by atoms with E-state index in [1.54, 1.807) is 0 Å². The Labute approximate surface area is 165 Å². The summed E-state index contributed by atoms with van der Waals surface area (Å²) in [6.07, 6.45) is 2.64. The van der Waals surface area contributed by atoms with Gasteiger partial charge in [0, 0.05) is 30.6 Å². The molecular weight excluding hydrogens is 360 g/mol. The third-order valence-corrected chi connectivity index (χ3v) is 7.10. The number of anilines is 1. The second-order valence-electron chi connectivity index (χ2n) is 7.55. The van der Waals surface area contributed by atoms with E-state index < -0.39 is 0 Å². The molecule has 3 amide bonds. The second kappa shape index (κ2) is 8.52. The number of hydrogen-bond donors (Lipinski definition) is 3. The van der Waals surface area contributed by atoms with Crippen LogP contribution < -0.4 is 16.0 Å². The first-order valence-electron chi connectivity index (χ1n) is 9.76. The van der Waals surface area contributed by atoms with Gasteiger partial charge in [-0.25, -0.2) is 4.79 Å². The third-order valence-electron chi connectivity index (χ3n) is 5.53. The summed E-state index contributed by atoms with van der Waals surface area (Å²) >= 11 is 1.83. The van der Waals surface area contributed by atoms with Crippen LogP contribution in [0.4, 0.5) is 10.5 Å². The molecule has 7 heteroatoms. The van der Waals surface area contributed by atoms with Crippen LogP contribution in [-0.2, 0) is 4.79 Å². The number of urea groups is 1. The van der Waals surface area contributed by atoms with E-state index in [1.165, 1.54) is 0 Å². The molecule has 2 aliphatic rings. The molecule has 0 aliphatic carbocycles. The molecule has 0 bridgehead atoms. The summed E-state index contributed by atoms with van der Waals surface area (Å²) in [6, 6.07) is 7.82. The molecule has 148 valence electrons. The number of piperidine rings is 1. The van der Waals surface area contributed by atoms with E-state index >= 15 is 0 Å². The molecule has 2 heterocycles. The van der Waals surface area contributed by atoms with Crippen LogP contribution in [0.15, 0.2) is 24.3 Å². The molecule has 1 spiro atoms. The number of nitrogens with zero attached hydrogens (tertiary/aromatic N) is 1. The van der Waals surface area contributed by atoms with Crippen molar-refractivity contribution in [2.75, 3.05) is 24.2 Å². The Kier molecular flexibility index (Phi) is 6.32. The molecule has 0 saturated carbocycles. The Balaban J connectivity index is 1.51. The van der Waals surface area contributed by atoms with Crippen LogP contribution in [0.3, 0.4) is 0 Å². The summed E-state index contributed by atoms with van der Waals surface area (Å²) in [4.78, 5) is 26.7. The third kappa shape index (κ3) is 4.76. The lowest BCUT2D eigenvalue weighted by molar-refractivity contribution is -0.123. The van der Waals surface area contributed by atoms with E-state index in [4.69, 9.17) is 0 Å². The number of nitrogens with one attached hydrogen (secondary N) is 3. The smallest absolute Gasteiger partial charge is 0.321 e. The van der Waals surface area contributed by atoms with Gasteiger partial charge in [0.2, 0.25) is 5.91 Å². The molecule has 0 radical (unpaired) electrons. The quantitative estimate of drug-likeness (QED) is 0.739. The predicted molar refractivity (Wildman–Crippen MR) is 111 cm³/mol. The van der Waals surface area contributed by atoms with Crippen LogP contribution in [-0.4, -0.2) is 52.6 Å². The number of para-hydroxylation sites is 1. The van der Waals surface area contributed by atoms with Gasteiger partial charge in [-0.2, -0.15) is 0 Å². The number of carbonyl (C=O) groups excluding carboxylic acids is 2. The van der Waals surface area contributed by atoms with Gasteiger partial charge < -0.3 is 15.5 Å². The van der Waals surface area contributed by atoms with Crippen molar-refractivity contribution in [1.82, 2.24) is 15.5 Å². The summed E-state index contributed by atoms with van der Waals surface area (Å²) in [5, 5.41) is 9.62. The lowest BCUT2D eigenvalue weighted by atomic mass is 10.0. The molecule has 2 atom stereocenters. The Morgan fingerprint density at radius 1 is 1.33 bits per heavy atom. The first-order chi connectivity index (χ1) is 12.9. The van der Waals surface area contributed by atoms with E-state index in [-0.39, 0.29) is 28.9 Å². The van der Waals surface area contributed by atoms with Crippen LogP contribution in [0.1, 0.15) is 38.7 Å². The zero-order valence-corrected chi connectivity index (χ0v) is 17.2. The molecule has 1 aromatic rings. The topological polar surface area (TPSA) is 73.5 Å². The zero-order chi connectivity index (χ0) is 19.4. The van der Waals surface area contributed by atoms with Gasteiger partial charge in [-0.15, -0.1) is 11.8 Å². The molecule has 6 nitrogen and oxygen atoms in total. The highest BCUT2D eigenvalue weighted by Gasteiger charge is 2.44. The van der Waals surface area contributed by atoms with Gasteiger partial charge in [-0.05, 0) is 44.7 Å². The average molecular weight is 391 g/mol. The fourth-order valence-electron chi connectivity index (χ4n) is 3.50. The molecule has 3 rings (SSSR count). The summed E-state index contributed by atoms with van der Waals surface area (Å²) < 4.78 is 0. The summed E-state index contributed by atoms with van der Waals surface area (Å²) in [5.74, 6) is 0.881. The van der Waals surface area contributed by atoms with Gasteiger partial charge in [0.1, 0.15) is 0 Å². The van der Waals surface area contributed by atoms with Crippen molar-refractivity contribution in [2.45, 2.75) is 57.0 Å². The standard InChI is InChI=1S/C20H30N4O2S/c1-4-15(3)21-18(25)17-13-27-20(23-17)9-11-24(12-10-20)19(26)22-16-8-6-5-7-14(16)2/h5-8,15,17,23H,4,9-13H2,1-3H3,(H,21,25)(H,22,26). The highest BCUT2D eigenvalue weighted by molar-refractivity contribution is 8.01. The maximum Gasteiger partial charge on any atom is 0.321 e. The average Bonchev–Trinajstić information content (AvgIpc) is 3.07. The number of benzene rings is 1. The van der Waals surface area contributed by atoms with Gasteiger partial charge in [0.05, 0.1) is 10.9 Å². The van der Waals surface area contributed by atoms with Gasteiger partial charge in [-0.1, -0.05) is 25.1 Å². The molecule has 3 N–H and O–H groups in total. The highest BCUT2D eigenvalue weighted by Crippen LogP contribution is 2.39. The molecule has 2 unspecified atom stereocenters. The largest absolute Gasteiger partial charge is 0.352 e. The number of carbonyl (C=O) groups is 2. The number of amides is 3. The minimum Gasteiger partial charge on any atom is -0.352 e. The molecular formula is C20H30N4O2S. The molecule has 2 fully saturated rings. The van der Waals surface area contributed by atoms with Crippen molar-refractivity contribution in [3.63, 3.8) is 0 Å². The highest BCUT2D eigenvalue weighted by atomic mass is 32.2. The minimum atomic E-state index is -0.142. The lowest BCUT2D eigenvalue weighted by Gasteiger charge is -2.39. The van der Waals surface area contributed by atoms with Crippen molar-refractivity contribution in [3.05, 3.63) is 29.8 Å². The Morgan fingerprint density at radius 3 is 2.70 bits per heavy atom. The van der Waals surface area contributed by atoms with E-state index in [2.05, 4.69) is 22.9 Å². The lowest BCUT2D eigenvalue weighted by Crippen LogP contribution is -2.55. The maximum absolute atomic E-state index is 12.6. The van der Waals surface area contributed by atoms with Crippen LogP contribution in [0.5, 0.6) is 0 Å². The molecule has 2 saturated heterocycles. The Morgan fingerprint density at radius 2 is 2.04 bits per heavy atom. The first kappa shape index (κ1) is 20.0. The van der Waals surface area contributed by atoms with Crippen molar-refractivity contribution < 1.29 is 9.59 Å². The number of rotatable bonds is 4. The van der Waals surface area contributed by atoms with Crippen molar-refractivity contribution in [3.8, 4) is 0 Å². The van der Waals surface area contributed by atoms with Crippen LogP contribution in [0.2, 0.25) is 0 Å². The fraction of sp³-hybridized carbons (Fsp3) is 0.600. The Bertz CT molecular complexity index is 688. The predicted octanol–water partition coefficient (Wildman–Crippen LogP) is 2.94. The van der Waals surface area contributed by atoms with Crippen LogP contribution in [0.25, 0.3) is 0 Å². The molecule has 2 aliphatic heterocycles. The number of likely N-dealkylation sites (tertiary alicyclic amines) is 1. The minimum absolute atomic E-state index is 0.0480. The van der Waals surface area contributed by atoms with Crippen LogP contribution >= 0.6 is 11.8 Å². The fourth-order valence-corrected chi connectivity index (χ4v) is 4.91. The summed E-state index contributed by atoms with van der Waals surface area (Å²) in [5.41, 5.74) is 1.92. The summed E-state index contributed by atoms with van der Waals surface area (Å²) in [7, 11) is 0. The monoisotopic (exact) mass is 390 g/mol. The van der Waals surface area contributed by atoms with E-state index in [1.807, 2.05) is 54.8 Å². The maximum atomic E-state index is 12.6. The van der Waals surface area contributed by atoms with Gasteiger partial charge in [0.15, 0.2) is 0 Å². The normalized spacial score (nSPS) is 22.5. The zero-order valence-electron chi connectivity index (χ0n) is 16.4. The van der Waals surface area contributed by atoms with Gasteiger partial charge in [0.25, 0.3) is 0 Å². The molecule has 0 aromatic heterocycles. The summed E-state index contributed by atoms with van der Waals surface area (Å²) in [6.45, 7) is 7.47. The van der Waals surface area contributed by atoms with Crippen molar-refractivity contribution in [1.29, 1.82) is 0 Å². The SMILES string of the molecule is CCC(C)NC(=O)C1CSC2(CCN(C(=O)Nc3ccccc3C)CC2)N1. The first-order valence-corrected chi connectivity index (χ1v) is 10.7. The molecule has 27 heavy (non-hydrogen) atoms. The van der Waals surface area contributed by atoms with Crippen LogP contribution in [0, 0.1) is 6.92 Å². The van der Waals surface area contributed by atoms with E-state index in [0.717, 1.165) is 36.3 Å². The number of aryl methyl sites for hydroxylation is 1. The number of thioether (sulfide) groups is 1. The number of hydrogen-bond acceptors (Lipinski definition) is 4. The van der Waals surface area contributed by atoms with E-state index in [0.29, 0.717) is 13.1 Å². The van der Waals surface area contributed by atoms with Crippen molar-refractivity contribution in [2.24, 2.45) is 0 Å². The van der Waals surface area contributed by atoms with Gasteiger partial charge in [-0.3, -0.25) is 10.1 Å². The van der Waals surface area contributed by atoms with Gasteiger partial charge >= 0.3 is 6.03 Å². The Hall–Kier alpha value is -1.73. The van der Waals surface area contributed by atoms with Crippen molar-refractivity contribution >= 4 is 29.4 Å².